The third-order valence-corrected chi connectivity index (χ3v) is 5.02. The van der Waals surface area contributed by atoms with E-state index in [0.29, 0.717) is 29.9 Å². The first-order valence-corrected chi connectivity index (χ1v) is 9.50. The summed E-state index contributed by atoms with van der Waals surface area (Å²) >= 11 is 6.33. The molecule has 3 aromatic rings. The van der Waals surface area contributed by atoms with E-state index in [1.54, 1.807) is 6.07 Å². The number of nitrogens with zero attached hydrogens (tertiary/aromatic N) is 4. The molecule has 1 aliphatic rings. The van der Waals surface area contributed by atoms with Crippen molar-refractivity contribution in [1.82, 2.24) is 15.0 Å². The molecule has 2 aromatic heterocycles. The summed E-state index contributed by atoms with van der Waals surface area (Å²) in [6.07, 6.45) is -3.07. The summed E-state index contributed by atoms with van der Waals surface area (Å²) < 4.78 is 45.9. The highest BCUT2D eigenvalue weighted by Crippen LogP contribution is 2.37. The highest BCUT2D eigenvalue weighted by atomic mass is 35.5. The molecule has 5 nitrogen and oxygen atoms in total. The number of anilines is 1. The van der Waals surface area contributed by atoms with Gasteiger partial charge in [0.25, 0.3) is 0 Å². The molecule has 0 saturated carbocycles. The molecule has 0 spiro atoms. The minimum Gasteiger partial charge on any atom is -0.372 e. The van der Waals surface area contributed by atoms with Crippen molar-refractivity contribution in [2.75, 3.05) is 18.0 Å². The minimum atomic E-state index is -4.48. The summed E-state index contributed by atoms with van der Waals surface area (Å²) in [5, 5.41) is 0.693. The van der Waals surface area contributed by atoms with Crippen LogP contribution in [0.2, 0.25) is 5.15 Å². The Balaban J connectivity index is 1.80. The maximum absolute atomic E-state index is 13.4. The summed E-state index contributed by atoms with van der Waals surface area (Å²) in [7, 11) is 0. The zero-order valence-corrected chi connectivity index (χ0v) is 16.5. The third-order valence-electron chi connectivity index (χ3n) is 4.73. The number of halogens is 4. The first-order chi connectivity index (χ1) is 13.7. The fourth-order valence-corrected chi connectivity index (χ4v) is 3.78. The first-order valence-electron chi connectivity index (χ1n) is 9.12. The van der Waals surface area contributed by atoms with E-state index in [2.05, 4.69) is 15.0 Å². The SMILES string of the molecule is CC1CN(c2nc(Cl)c3cnc(-c4ccccc4C(F)(F)F)cc3n2)CC(C)O1. The number of ether oxygens (including phenoxy) is 1. The Morgan fingerprint density at radius 3 is 2.48 bits per heavy atom. The van der Waals surface area contributed by atoms with Gasteiger partial charge in [0.15, 0.2) is 0 Å². The van der Waals surface area contributed by atoms with Gasteiger partial charge in [0, 0.05) is 24.8 Å². The molecule has 1 fully saturated rings. The van der Waals surface area contributed by atoms with E-state index in [4.69, 9.17) is 16.3 Å². The molecule has 1 aromatic carbocycles. The molecule has 0 radical (unpaired) electrons. The Morgan fingerprint density at radius 2 is 1.79 bits per heavy atom. The lowest BCUT2D eigenvalue weighted by atomic mass is 10.0. The van der Waals surface area contributed by atoms with Crippen LogP contribution < -0.4 is 4.90 Å². The van der Waals surface area contributed by atoms with Crippen molar-refractivity contribution in [2.24, 2.45) is 0 Å². The van der Waals surface area contributed by atoms with Crippen LogP contribution in [0.3, 0.4) is 0 Å². The van der Waals surface area contributed by atoms with E-state index < -0.39 is 11.7 Å². The zero-order chi connectivity index (χ0) is 20.8. The average molecular weight is 423 g/mol. The molecule has 1 saturated heterocycles. The lowest BCUT2D eigenvalue weighted by Crippen LogP contribution is -2.46. The van der Waals surface area contributed by atoms with Gasteiger partial charge in [-0.3, -0.25) is 4.98 Å². The van der Waals surface area contributed by atoms with Gasteiger partial charge in [0.1, 0.15) is 5.15 Å². The van der Waals surface area contributed by atoms with Gasteiger partial charge in [0.2, 0.25) is 5.95 Å². The van der Waals surface area contributed by atoms with E-state index in [-0.39, 0.29) is 28.6 Å². The van der Waals surface area contributed by atoms with Gasteiger partial charge in [-0.25, -0.2) is 9.97 Å². The van der Waals surface area contributed by atoms with Crippen LogP contribution in [-0.4, -0.2) is 40.2 Å². The van der Waals surface area contributed by atoms with E-state index in [0.717, 1.165) is 6.07 Å². The van der Waals surface area contributed by atoms with Crippen molar-refractivity contribution in [3.63, 3.8) is 0 Å². The van der Waals surface area contributed by atoms with Crippen molar-refractivity contribution in [2.45, 2.75) is 32.2 Å². The molecule has 29 heavy (non-hydrogen) atoms. The second-order valence-corrected chi connectivity index (χ2v) is 7.46. The van der Waals surface area contributed by atoms with Crippen LogP contribution in [0.4, 0.5) is 19.1 Å². The number of morpholine rings is 1. The second kappa shape index (κ2) is 7.42. The predicted molar refractivity (Wildman–Crippen MR) is 105 cm³/mol. The molecular weight excluding hydrogens is 405 g/mol. The van der Waals surface area contributed by atoms with E-state index >= 15 is 0 Å². The van der Waals surface area contributed by atoms with Crippen LogP contribution in [0.15, 0.2) is 36.5 Å². The van der Waals surface area contributed by atoms with Crippen molar-refractivity contribution in [3.8, 4) is 11.3 Å². The van der Waals surface area contributed by atoms with Gasteiger partial charge >= 0.3 is 6.18 Å². The second-order valence-electron chi connectivity index (χ2n) is 7.11. The third kappa shape index (κ3) is 4.00. The number of alkyl halides is 3. The molecule has 0 bridgehead atoms. The van der Waals surface area contributed by atoms with Crippen LogP contribution in [0.1, 0.15) is 19.4 Å². The lowest BCUT2D eigenvalue weighted by Gasteiger charge is -2.35. The van der Waals surface area contributed by atoms with E-state index in [1.807, 2.05) is 18.7 Å². The van der Waals surface area contributed by atoms with Crippen LogP contribution in [0.25, 0.3) is 22.2 Å². The normalized spacial score (nSPS) is 20.3. The van der Waals surface area contributed by atoms with Gasteiger partial charge in [-0.05, 0) is 26.0 Å². The molecule has 1 aliphatic heterocycles. The van der Waals surface area contributed by atoms with Gasteiger partial charge in [-0.2, -0.15) is 13.2 Å². The van der Waals surface area contributed by atoms with Crippen molar-refractivity contribution in [1.29, 1.82) is 0 Å². The summed E-state index contributed by atoms with van der Waals surface area (Å²) in [5.41, 5.74) is -0.140. The molecule has 0 amide bonds. The van der Waals surface area contributed by atoms with Crippen LogP contribution in [0.5, 0.6) is 0 Å². The number of pyridine rings is 1. The minimum absolute atomic E-state index is 0.00323. The highest BCUT2D eigenvalue weighted by Gasteiger charge is 2.33. The van der Waals surface area contributed by atoms with Crippen molar-refractivity contribution in [3.05, 3.63) is 47.2 Å². The van der Waals surface area contributed by atoms with Gasteiger partial charge in [0.05, 0.1) is 34.4 Å². The number of rotatable bonds is 2. The van der Waals surface area contributed by atoms with Gasteiger partial charge in [-0.1, -0.05) is 29.8 Å². The standard InChI is InChI=1S/C20H18ClF3N4O/c1-11-9-28(10-12(2)29-11)19-26-17-7-16(25-8-14(17)18(21)27-19)13-5-3-4-6-15(13)20(22,23)24/h3-8,11-12H,9-10H2,1-2H3. The first kappa shape index (κ1) is 19.8. The smallest absolute Gasteiger partial charge is 0.372 e. The quantitative estimate of drug-likeness (QED) is 0.545. The van der Waals surface area contributed by atoms with Crippen LogP contribution in [0, 0.1) is 0 Å². The summed E-state index contributed by atoms with van der Waals surface area (Å²) in [6.45, 7) is 5.12. The fourth-order valence-electron chi connectivity index (χ4n) is 3.56. The zero-order valence-electron chi connectivity index (χ0n) is 15.7. The number of hydrogen-bond donors (Lipinski definition) is 0. The number of benzene rings is 1. The van der Waals surface area contributed by atoms with Crippen molar-refractivity contribution >= 4 is 28.5 Å². The molecule has 4 rings (SSSR count). The topological polar surface area (TPSA) is 51.1 Å². The largest absolute Gasteiger partial charge is 0.417 e. The van der Waals surface area contributed by atoms with Crippen molar-refractivity contribution < 1.29 is 17.9 Å². The van der Waals surface area contributed by atoms with E-state index in [1.165, 1.54) is 24.4 Å². The Labute approximate surface area is 170 Å². The Morgan fingerprint density at radius 1 is 1.10 bits per heavy atom. The number of aromatic nitrogens is 3. The predicted octanol–water partition coefficient (Wildman–Crippen LogP) is 4.98. The average Bonchev–Trinajstić information content (AvgIpc) is 2.66. The van der Waals surface area contributed by atoms with Gasteiger partial charge < -0.3 is 9.64 Å². The molecule has 9 heteroatoms. The Kier molecular flexibility index (Phi) is 5.08. The molecule has 0 N–H and O–H groups in total. The molecule has 2 unspecified atom stereocenters. The van der Waals surface area contributed by atoms with E-state index in [9.17, 15) is 13.2 Å². The van der Waals surface area contributed by atoms with Crippen LogP contribution >= 0.6 is 11.6 Å². The van der Waals surface area contributed by atoms with Gasteiger partial charge in [-0.15, -0.1) is 0 Å². The molecule has 2 atom stereocenters. The summed E-state index contributed by atoms with van der Waals surface area (Å²) in [6, 6.07) is 6.85. The molecular formula is C20H18ClF3N4O. The summed E-state index contributed by atoms with van der Waals surface area (Å²) in [4.78, 5) is 15.1. The van der Waals surface area contributed by atoms with Crippen LogP contribution in [-0.2, 0) is 10.9 Å². The number of hydrogen-bond acceptors (Lipinski definition) is 5. The molecule has 3 heterocycles. The Hall–Kier alpha value is -2.45. The Bertz CT molecular complexity index is 1050. The maximum Gasteiger partial charge on any atom is 0.417 e. The summed E-state index contributed by atoms with van der Waals surface area (Å²) in [5.74, 6) is 0.422. The fraction of sp³-hybridized carbons (Fsp3) is 0.350. The number of fused-ring (bicyclic) bond motifs is 1. The molecule has 0 aliphatic carbocycles. The monoisotopic (exact) mass is 422 g/mol. The lowest BCUT2D eigenvalue weighted by molar-refractivity contribution is -0.137. The maximum atomic E-state index is 13.4. The highest BCUT2D eigenvalue weighted by molar-refractivity contribution is 6.34. The molecule has 152 valence electrons.